The number of aryl methyl sites for hydroxylation is 1. The van der Waals surface area contributed by atoms with Gasteiger partial charge in [0.05, 0.1) is 5.56 Å². The first-order chi connectivity index (χ1) is 7.18. The fraction of sp³-hybridized carbons (Fsp3) is 0.0909. The number of rotatable bonds is 1. The van der Waals surface area contributed by atoms with E-state index in [0.717, 1.165) is 11.9 Å². The predicted molar refractivity (Wildman–Crippen MR) is 54.5 cm³/mol. The lowest BCUT2D eigenvalue weighted by Gasteiger charge is -2.05. The van der Waals surface area contributed by atoms with Gasteiger partial charge in [0.15, 0.2) is 6.20 Å². The molecular weight excluding hydrogens is 192 g/mol. The van der Waals surface area contributed by atoms with Crippen molar-refractivity contribution in [2.24, 2.45) is 0 Å². The summed E-state index contributed by atoms with van der Waals surface area (Å²) in [7, 11) is 0. The Bertz CT molecular complexity index is 460. The van der Waals surface area contributed by atoms with Crippen molar-refractivity contribution in [3.05, 3.63) is 58.8 Å². The molecule has 0 fully saturated rings. The Kier molecular flexibility index (Phi) is 2.25. The zero-order valence-corrected chi connectivity index (χ0v) is 8.25. The summed E-state index contributed by atoms with van der Waals surface area (Å²) in [6.07, 6.45) is 2.35. The molecule has 0 spiro atoms. The van der Waals surface area contributed by atoms with E-state index in [9.17, 15) is 10.4 Å². The standard InChI is InChI=1S/C11H10N2O2/c1-9-7-12(14)8-13(15)11(9)10-5-3-2-4-6-10/h2-8H,1H3. The molecule has 1 heterocycles. The van der Waals surface area contributed by atoms with Crippen LogP contribution in [0.25, 0.3) is 11.3 Å². The number of benzene rings is 1. The van der Waals surface area contributed by atoms with Gasteiger partial charge >= 0.3 is 6.33 Å². The molecule has 0 saturated heterocycles. The molecular formula is C11H10N2O2. The van der Waals surface area contributed by atoms with Crippen LogP contribution in [-0.4, -0.2) is 0 Å². The summed E-state index contributed by atoms with van der Waals surface area (Å²) in [4.78, 5) is 0. The minimum Gasteiger partial charge on any atom is -0.614 e. The van der Waals surface area contributed by atoms with Gasteiger partial charge < -0.3 is 10.4 Å². The Morgan fingerprint density at radius 3 is 2.33 bits per heavy atom. The smallest absolute Gasteiger partial charge is 0.430 e. The van der Waals surface area contributed by atoms with Crippen molar-refractivity contribution >= 4 is 0 Å². The van der Waals surface area contributed by atoms with Crippen molar-refractivity contribution in [3.63, 3.8) is 0 Å². The first-order valence-electron chi connectivity index (χ1n) is 4.56. The summed E-state index contributed by atoms with van der Waals surface area (Å²) in [5.74, 6) is 0. The maximum atomic E-state index is 11.6. The van der Waals surface area contributed by atoms with Crippen molar-refractivity contribution in [1.82, 2.24) is 0 Å². The van der Waals surface area contributed by atoms with E-state index in [2.05, 4.69) is 0 Å². The fourth-order valence-electron chi connectivity index (χ4n) is 1.57. The van der Waals surface area contributed by atoms with Crippen LogP contribution in [-0.2, 0) is 0 Å². The average Bonchev–Trinajstić information content (AvgIpc) is 2.17. The zero-order valence-electron chi connectivity index (χ0n) is 8.25. The molecule has 1 aromatic carbocycles. The minimum absolute atomic E-state index is 0.509. The molecule has 0 amide bonds. The van der Waals surface area contributed by atoms with E-state index in [1.807, 2.05) is 30.3 Å². The van der Waals surface area contributed by atoms with E-state index < -0.39 is 0 Å². The predicted octanol–water partition coefficient (Wildman–Crippen LogP) is 0.929. The summed E-state index contributed by atoms with van der Waals surface area (Å²) in [5, 5.41) is 22.5. The molecule has 0 unspecified atom stereocenters. The van der Waals surface area contributed by atoms with E-state index in [1.165, 1.54) is 6.20 Å². The third-order valence-corrected chi connectivity index (χ3v) is 2.18. The Morgan fingerprint density at radius 2 is 1.73 bits per heavy atom. The molecule has 0 atom stereocenters. The van der Waals surface area contributed by atoms with E-state index in [0.29, 0.717) is 20.7 Å². The summed E-state index contributed by atoms with van der Waals surface area (Å²) >= 11 is 0. The second-order valence-corrected chi connectivity index (χ2v) is 3.33. The lowest BCUT2D eigenvalue weighted by Crippen LogP contribution is -2.42. The molecule has 2 aromatic rings. The minimum atomic E-state index is 0.509. The van der Waals surface area contributed by atoms with Crippen LogP contribution >= 0.6 is 0 Å². The third-order valence-electron chi connectivity index (χ3n) is 2.18. The highest BCUT2D eigenvalue weighted by atomic mass is 16.5. The van der Waals surface area contributed by atoms with Gasteiger partial charge in [-0.1, -0.05) is 18.2 Å². The monoisotopic (exact) mass is 202 g/mol. The topological polar surface area (TPSA) is 53.9 Å². The SMILES string of the molecule is Cc1c[n+]([O-])c[n+]([O-])c1-c1ccccc1. The largest absolute Gasteiger partial charge is 0.614 e. The number of nitrogens with zero attached hydrogens (tertiary/aromatic N) is 2. The molecule has 4 nitrogen and oxygen atoms in total. The van der Waals surface area contributed by atoms with E-state index in [4.69, 9.17) is 0 Å². The maximum Gasteiger partial charge on any atom is 0.430 e. The molecule has 0 radical (unpaired) electrons. The molecule has 4 heteroatoms. The van der Waals surface area contributed by atoms with Crippen LogP contribution in [0.1, 0.15) is 5.56 Å². The highest BCUT2D eigenvalue weighted by Crippen LogP contribution is 2.16. The van der Waals surface area contributed by atoms with Crippen LogP contribution in [0, 0.1) is 17.3 Å². The fourth-order valence-corrected chi connectivity index (χ4v) is 1.57. The summed E-state index contributed by atoms with van der Waals surface area (Å²) in [5.41, 5.74) is 1.99. The second kappa shape index (κ2) is 3.57. The lowest BCUT2D eigenvalue weighted by atomic mass is 10.1. The Labute approximate surface area is 87.2 Å². The van der Waals surface area contributed by atoms with E-state index in [1.54, 1.807) is 6.92 Å². The van der Waals surface area contributed by atoms with E-state index in [-0.39, 0.29) is 0 Å². The van der Waals surface area contributed by atoms with Gasteiger partial charge in [-0.25, -0.2) is 0 Å². The molecule has 0 bridgehead atoms. The van der Waals surface area contributed by atoms with Gasteiger partial charge in [-0.15, -0.1) is 9.46 Å². The number of hydrogen-bond donors (Lipinski definition) is 0. The van der Waals surface area contributed by atoms with Crippen LogP contribution in [0.2, 0.25) is 0 Å². The number of hydrogen-bond acceptors (Lipinski definition) is 2. The van der Waals surface area contributed by atoms with Crippen molar-refractivity contribution < 1.29 is 9.46 Å². The van der Waals surface area contributed by atoms with Gasteiger partial charge in [-0.3, -0.25) is 0 Å². The second-order valence-electron chi connectivity index (χ2n) is 3.33. The molecule has 0 aliphatic rings. The van der Waals surface area contributed by atoms with Gasteiger partial charge in [0.2, 0.25) is 5.69 Å². The normalized spacial score (nSPS) is 10.2. The first kappa shape index (κ1) is 9.45. The molecule has 0 aliphatic carbocycles. The average molecular weight is 202 g/mol. The highest BCUT2D eigenvalue weighted by Gasteiger charge is 2.15. The van der Waals surface area contributed by atoms with Gasteiger partial charge in [0.1, 0.15) is 0 Å². The lowest BCUT2D eigenvalue weighted by molar-refractivity contribution is -0.740. The third kappa shape index (κ3) is 1.74. The Hall–Kier alpha value is -2.10. The summed E-state index contributed by atoms with van der Waals surface area (Å²) < 4.78 is 1.10. The number of aromatic nitrogens is 2. The van der Waals surface area contributed by atoms with E-state index >= 15 is 0 Å². The zero-order chi connectivity index (χ0) is 10.8. The van der Waals surface area contributed by atoms with Crippen molar-refractivity contribution in [2.75, 3.05) is 0 Å². The molecule has 76 valence electrons. The van der Waals surface area contributed by atoms with Crippen molar-refractivity contribution in [3.8, 4) is 11.3 Å². The van der Waals surface area contributed by atoms with Crippen molar-refractivity contribution in [1.29, 1.82) is 0 Å². The van der Waals surface area contributed by atoms with Crippen LogP contribution in [0.4, 0.5) is 0 Å². The molecule has 15 heavy (non-hydrogen) atoms. The molecule has 0 saturated carbocycles. The van der Waals surface area contributed by atoms with Crippen LogP contribution < -0.4 is 9.46 Å². The van der Waals surface area contributed by atoms with Crippen LogP contribution in [0.15, 0.2) is 42.9 Å². The van der Waals surface area contributed by atoms with Gasteiger partial charge in [0, 0.05) is 5.56 Å². The summed E-state index contributed by atoms with van der Waals surface area (Å²) in [6.45, 7) is 1.74. The van der Waals surface area contributed by atoms with Gasteiger partial charge in [-0.2, -0.15) is 0 Å². The Morgan fingerprint density at radius 1 is 1.07 bits per heavy atom. The van der Waals surface area contributed by atoms with Crippen molar-refractivity contribution in [2.45, 2.75) is 6.92 Å². The Balaban J connectivity index is 2.64. The van der Waals surface area contributed by atoms with Crippen LogP contribution in [0.3, 0.4) is 0 Å². The molecule has 2 rings (SSSR count). The highest BCUT2D eigenvalue weighted by molar-refractivity contribution is 5.58. The molecule has 0 aliphatic heterocycles. The maximum absolute atomic E-state index is 11.6. The molecule has 0 N–H and O–H groups in total. The first-order valence-corrected chi connectivity index (χ1v) is 4.56. The van der Waals surface area contributed by atoms with Gasteiger partial charge in [-0.05, 0) is 19.1 Å². The molecule has 1 aromatic heterocycles. The van der Waals surface area contributed by atoms with Gasteiger partial charge in [0.25, 0.3) is 0 Å². The quantitative estimate of drug-likeness (QED) is 0.510. The summed E-state index contributed by atoms with van der Waals surface area (Å²) in [6, 6.07) is 9.27. The van der Waals surface area contributed by atoms with Crippen LogP contribution in [0.5, 0.6) is 0 Å².